The molecule has 13 heavy (non-hydrogen) atoms. The summed E-state index contributed by atoms with van der Waals surface area (Å²) in [6.07, 6.45) is 6.96. The summed E-state index contributed by atoms with van der Waals surface area (Å²) in [5, 5.41) is 9.48. The van der Waals surface area contributed by atoms with Gasteiger partial charge >= 0.3 is 0 Å². The van der Waals surface area contributed by atoms with Gasteiger partial charge in [0.2, 0.25) is 0 Å². The first-order valence-corrected chi connectivity index (χ1v) is 5.48. The van der Waals surface area contributed by atoms with Crippen molar-refractivity contribution in [3.63, 3.8) is 0 Å². The average molecular weight is 186 g/mol. The Balaban J connectivity index is 2.22. The number of aliphatic hydroxyl groups excluding tert-OH is 1. The standard InChI is InChI=1S/C11H22O2/c1-3-4-9-5-7-10(8-6-9)11(12)13-2/h9-12H,3-8H2,1-2H3. The minimum absolute atomic E-state index is 0.387. The average Bonchev–Trinajstić information content (AvgIpc) is 2.18. The SMILES string of the molecule is CCCC1CCC(C(O)OC)CC1. The molecule has 1 rings (SSSR count). The Bertz CT molecular complexity index is 128. The second-order valence-corrected chi connectivity index (χ2v) is 4.20. The maximum atomic E-state index is 9.48. The fourth-order valence-corrected chi connectivity index (χ4v) is 2.36. The van der Waals surface area contributed by atoms with Crippen LogP contribution in [0.2, 0.25) is 0 Å². The predicted molar refractivity (Wildman–Crippen MR) is 53.4 cm³/mol. The number of hydrogen-bond acceptors (Lipinski definition) is 2. The fourth-order valence-electron chi connectivity index (χ4n) is 2.36. The van der Waals surface area contributed by atoms with E-state index in [1.165, 1.54) is 25.7 Å². The second kappa shape index (κ2) is 5.61. The molecule has 1 aliphatic carbocycles. The zero-order valence-corrected chi connectivity index (χ0v) is 8.83. The zero-order chi connectivity index (χ0) is 9.68. The Morgan fingerprint density at radius 3 is 2.38 bits per heavy atom. The van der Waals surface area contributed by atoms with Crippen LogP contribution in [0.5, 0.6) is 0 Å². The van der Waals surface area contributed by atoms with Gasteiger partial charge in [0, 0.05) is 13.0 Å². The Morgan fingerprint density at radius 1 is 1.31 bits per heavy atom. The molecule has 1 atom stereocenters. The Kier molecular flexibility index (Phi) is 4.74. The lowest BCUT2D eigenvalue weighted by atomic mass is 9.80. The van der Waals surface area contributed by atoms with Gasteiger partial charge in [0.05, 0.1) is 0 Å². The minimum atomic E-state index is -0.525. The van der Waals surface area contributed by atoms with Crippen molar-refractivity contribution in [2.75, 3.05) is 7.11 Å². The first kappa shape index (κ1) is 11.0. The summed E-state index contributed by atoms with van der Waals surface area (Å²) in [4.78, 5) is 0. The van der Waals surface area contributed by atoms with Crippen LogP contribution in [0.3, 0.4) is 0 Å². The lowest BCUT2D eigenvalue weighted by molar-refractivity contribution is -0.122. The van der Waals surface area contributed by atoms with E-state index >= 15 is 0 Å². The summed E-state index contributed by atoms with van der Waals surface area (Å²) in [6.45, 7) is 2.25. The summed E-state index contributed by atoms with van der Waals surface area (Å²) in [6, 6.07) is 0. The van der Waals surface area contributed by atoms with Gasteiger partial charge in [0.1, 0.15) is 0 Å². The number of rotatable bonds is 4. The van der Waals surface area contributed by atoms with Gasteiger partial charge in [-0.05, 0) is 31.6 Å². The van der Waals surface area contributed by atoms with Crippen LogP contribution in [-0.4, -0.2) is 18.5 Å². The topological polar surface area (TPSA) is 29.5 Å². The molecule has 0 aromatic carbocycles. The molecule has 0 spiro atoms. The molecule has 1 unspecified atom stereocenters. The van der Waals surface area contributed by atoms with E-state index in [4.69, 9.17) is 4.74 Å². The molecule has 78 valence electrons. The summed E-state index contributed by atoms with van der Waals surface area (Å²) in [7, 11) is 1.59. The monoisotopic (exact) mass is 186 g/mol. The first-order valence-electron chi connectivity index (χ1n) is 5.48. The third-order valence-corrected chi connectivity index (χ3v) is 3.23. The smallest absolute Gasteiger partial charge is 0.156 e. The van der Waals surface area contributed by atoms with Gasteiger partial charge in [0.25, 0.3) is 0 Å². The highest BCUT2D eigenvalue weighted by molar-refractivity contribution is 4.73. The van der Waals surface area contributed by atoms with Crippen molar-refractivity contribution in [1.82, 2.24) is 0 Å². The number of methoxy groups -OCH3 is 1. The van der Waals surface area contributed by atoms with E-state index in [0.29, 0.717) is 5.92 Å². The molecule has 0 heterocycles. The van der Waals surface area contributed by atoms with Gasteiger partial charge in [-0.1, -0.05) is 19.8 Å². The molecule has 1 N–H and O–H groups in total. The van der Waals surface area contributed by atoms with Crippen molar-refractivity contribution < 1.29 is 9.84 Å². The molecule has 2 nitrogen and oxygen atoms in total. The van der Waals surface area contributed by atoms with Crippen molar-refractivity contribution in [2.45, 2.75) is 51.7 Å². The van der Waals surface area contributed by atoms with Crippen molar-refractivity contribution in [3.8, 4) is 0 Å². The van der Waals surface area contributed by atoms with Gasteiger partial charge in [-0.15, -0.1) is 0 Å². The lowest BCUT2D eigenvalue weighted by Crippen LogP contribution is -2.26. The zero-order valence-electron chi connectivity index (χ0n) is 8.83. The molecule has 1 aliphatic rings. The molecule has 1 saturated carbocycles. The van der Waals surface area contributed by atoms with Gasteiger partial charge in [-0.25, -0.2) is 0 Å². The Morgan fingerprint density at radius 2 is 1.92 bits per heavy atom. The van der Waals surface area contributed by atoms with Crippen LogP contribution in [0.4, 0.5) is 0 Å². The van der Waals surface area contributed by atoms with Gasteiger partial charge < -0.3 is 9.84 Å². The predicted octanol–water partition coefficient (Wildman–Crippen LogP) is 2.56. The molecule has 0 aromatic rings. The molecular weight excluding hydrogens is 164 g/mol. The second-order valence-electron chi connectivity index (χ2n) is 4.20. The van der Waals surface area contributed by atoms with E-state index in [1.54, 1.807) is 7.11 Å². The highest BCUT2D eigenvalue weighted by atomic mass is 16.6. The molecule has 0 radical (unpaired) electrons. The molecule has 0 saturated heterocycles. The van der Waals surface area contributed by atoms with Gasteiger partial charge in [-0.3, -0.25) is 0 Å². The minimum Gasteiger partial charge on any atom is -0.368 e. The van der Waals surface area contributed by atoms with E-state index in [1.807, 2.05) is 0 Å². The van der Waals surface area contributed by atoms with Crippen LogP contribution >= 0.6 is 0 Å². The maximum absolute atomic E-state index is 9.48. The van der Waals surface area contributed by atoms with Crippen molar-refractivity contribution in [1.29, 1.82) is 0 Å². The molecule has 0 aliphatic heterocycles. The van der Waals surface area contributed by atoms with Gasteiger partial charge in [-0.2, -0.15) is 0 Å². The van der Waals surface area contributed by atoms with Crippen molar-refractivity contribution in [3.05, 3.63) is 0 Å². The molecule has 0 aromatic heterocycles. The van der Waals surface area contributed by atoms with E-state index in [-0.39, 0.29) is 0 Å². The largest absolute Gasteiger partial charge is 0.368 e. The third kappa shape index (κ3) is 3.28. The highest BCUT2D eigenvalue weighted by Crippen LogP contribution is 2.33. The Labute approximate surface area is 81.3 Å². The molecule has 0 amide bonds. The van der Waals surface area contributed by atoms with Crippen LogP contribution < -0.4 is 0 Å². The van der Waals surface area contributed by atoms with Crippen LogP contribution in [0.25, 0.3) is 0 Å². The van der Waals surface area contributed by atoms with E-state index < -0.39 is 6.29 Å². The lowest BCUT2D eigenvalue weighted by Gasteiger charge is -2.30. The normalized spacial score (nSPS) is 31.6. The van der Waals surface area contributed by atoms with Crippen LogP contribution in [0.1, 0.15) is 45.4 Å². The quantitative estimate of drug-likeness (QED) is 0.684. The van der Waals surface area contributed by atoms with E-state index in [9.17, 15) is 5.11 Å². The van der Waals surface area contributed by atoms with Crippen LogP contribution in [-0.2, 0) is 4.74 Å². The third-order valence-electron chi connectivity index (χ3n) is 3.23. The van der Waals surface area contributed by atoms with Gasteiger partial charge in [0.15, 0.2) is 6.29 Å². The summed E-state index contributed by atoms with van der Waals surface area (Å²) < 4.78 is 4.94. The summed E-state index contributed by atoms with van der Waals surface area (Å²) in [5.41, 5.74) is 0. The number of aliphatic hydroxyl groups is 1. The molecule has 0 bridgehead atoms. The highest BCUT2D eigenvalue weighted by Gasteiger charge is 2.25. The number of hydrogen-bond donors (Lipinski definition) is 1. The molecular formula is C11H22O2. The van der Waals surface area contributed by atoms with Crippen LogP contribution in [0, 0.1) is 11.8 Å². The fraction of sp³-hybridized carbons (Fsp3) is 1.00. The van der Waals surface area contributed by atoms with E-state index in [2.05, 4.69) is 6.92 Å². The molecule has 1 fully saturated rings. The summed E-state index contributed by atoms with van der Waals surface area (Å²) >= 11 is 0. The molecule has 2 heteroatoms. The summed E-state index contributed by atoms with van der Waals surface area (Å²) in [5.74, 6) is 1.29. The van der Waals surface area contributed by atoms with Crippen LogP contribution in [0.15, 0.2) is 0 Å². The van der Waals surface area contributed by atoms with Crippen molar-refractivity contribution in [2.24, 2.45) is 11.8 Å². The maximum Gasteiger partial charge on any atom is 0.156 e. The Hall–Kier alpha value is -0.0800. The number of ether oxygens (including phenoxy) is 1. The van der Waals surface area contributed by atoms with E-state index in [0.717, 1.165) is 18.8 Å². The first-order chi connectivity index (χ1) is 6.27. The van der Waals surface area contributed by atoms with Crippen molar-refractivity contribution >= 4 is 0 Å².